The lowest BCUT2D eigenvalue weighted by Gasteiger charge is -2.31. The van der Waals surface area contributed by atoms with Gasteiger partial charge in [-0.05, 0) is 44.7 Å². The normalized spacial score (nSPS) is 17.0. The van der Waals surface area contributed by atoms with Crippen LogP contribution in [0.25, 0.3) is 0 Å². The molecule has 1 fully saturated rings. The molecule has 0 radical (unpaired) electrons. The molecule has 7 nitrogen and oxygen atoms in total. The summed E-state index contributed by atoms with van der Waals surface area (Å²) in [7, 11) is 0. The number of nitrogens with zero attached hydrogens (tertiary/aromatic N) is 5. The maximum atomic E-state index is 12.5. The number of hydrogen-bond donors (Lipinski definition) is 1. The molecular formula is C17H23N5O2. The van der Waals surface area contributed by atoms with Crippen LogP contribution < -0.4 is 0 Å². The van der Waals surface area contributed by atoms with Gasteiger partial charge in [-0.3, -0.25) is 14.5 Å². The highest BCUT2D eigenvalue weighted by molar-refractivity contribution is 5.93. The first kappa shape index (κ1) is 16.6. The Balaban J connectivity index is 1.53. The SMILES string of the molecule is Cc1ccc(C(=O)N2CCC(Cn3cc([C@H](C)O)nn3)CC2)cn1. The van der Waals surface area contributed by atoms with Crippen molar-refractivity contribution in [2.45, 2.75) is 39.3 Å². The van der Waals surface area contributed by atoms with E-state index in [1.165, 1.54) is 0 Å². The molecule has 7 heteroatoms. The summed E-state index contributed by atoms with van der Waals surface area (Å²) in [6.07, 6.45) is 4.72. The maximum absolute atomic E-state index is 12.5. The maximum Gasteiger partial charge on any atom is 0.255 e. The van der Waals surface area contributed by atoms with Crippen LogP contribution in [0.3, 0.4) is 0 Å². The second-order valence-electron chi connectivity index (χ2n) is 6.47. The van der Waals surface area contributed by atoms with E-state index in [4.69, 9.17) is 0 Å². The third-order valence-corrected chi connectivity index (χ3v) is 4.49. The summed E-state index contributed by atoms with van der Waals surface area (Å²) in [5, 5.41) is 17.5. The van der Waals surface area contributed by atoms with Gasteiger partial charge in [-0.1, -0.05) is 5.21 Å². The summed E-state index contributed by atoms with van der Waals surface area (Å²) in [5.74, 6) is 0.520. The van der Waals surface area contributed by atoms with Gasteiger partial charge in [0.15, 0.2) is 0 Å². The molecule has 24 heavy (non-hydrogen) atoms. The van der Waals surface area contributed by atoms with Crippen molar-refractivity contribution in [1.29, 1.82) is 0 Å². The second-order valence-corrected chi connectivity index (χ2v) is 6.47. The predicted octanol–water partition coefficient (Wildman–Crippen LogP) is 1.59. The minimum absolute atomic E-state index is 0.0538. The molecule has 2 aromatic heterocycles. The predicted molar refractivity (Wildman–Crippen MR) is 88.3 cm³/mol. The number of aliphatic hydroxyl groups is 1. The zero-order valence-electron chi connectivity index (χ0n) is 14.1. The van der Waals surface area contributed by atoms with Crippen LogP contribution in [-0.4, -0.2) is 49.0 Å². The van der Waals surface area contributed by atoms with Gasteiger partial charge in [0, 0.05) is 31.5 Å². The number of rotatable bonds is 4. The quantitative estimate of drug-likeness (QED) is 0.921. The highest BCUT2D eigenvalue weighted by atomic mass is 16.3. The lowest BCUT2D eigenvalue weighted by Crippen LogP contribution is -2.39. The van der Waals surface area contributed by atoms with Crippen LogP contribution in [-0.2, 0) is 6.54 Å². The van der Waals surface area contributed by atoms with Gasteiger partial charge in [-0.15, -0.1) is 5.10 Å². The molecule has 2 aromatic rings. The molecule has 1 N–H and O–H groups in total. The number of aliphatic hydroxyl groups excluding tert-OH is 1. The topological polar surface area (TPSA) is 84.1 Å². The Hall–Kier alpha value is -2.28. The fourth-order valence-electron chi connectivity index (χ4n) is 2.95. The molecule has 1 aliphatic heterocycles. The van der Waals surface area contributed by atoms with E-state index in [1.54, 1.807) is 24.0 Å². The molecule has 0 aliphatic carbocycles. The van der Waals surface area contributed by atoms with Gasteiger partial charge >= 0.3 is 0 Å². The number of likely N-dealkylation sites (tertiary alicyclic amines) is 1. The van der Waals surface area contributed by atoms with E-state index in [0.29, 0.717) is 17.2 Å². The second kappa shape index (κ2) is 7.09. The van der Waals surface area contributed by atoms with Crippen LogP contribution in [0.5, 0.6) is 0 Å². The summed E-state index contributed by atoms with van der Waals surface area (Å²) in [6.45, 7) is 5.85. The number of aryl methyl sites for hydroxylation is 1. The van der Waals surface area contributed by atoms with Gasteiger partial charge in [0.2, 0.25) is 0 Å². The van der Waals surface area contributed by atoms with Crippen molar-refractivity contribution in [3.05, 3.63) is 41.5 Å². The minimum atomic E-state index is -0.596. The van der Waals surface area contributed by atoms with Crippen LogP contribution in [0, 0.1) is 12.8 Å². The van der Waals surface area contributed by atoms with E-state index < -0.39 is 6.10 Å². The summed E-state index contributed by atoms with van der Waals surface area (Å²) in [6, 6.07) is 3.70. The molecule has 0 unspecified atom stereocenters. The summed E-state index contributed by atoms with van der Waals surface area (Å²) < 4.78 is 1.79. The van der Waals surface area contributed by atoms with E-state index in [2.05, 4.69) is 15.3 Å². The van der Waals surface area contributed by atoms with Gasteiger partial charge in [-0.2, -0.15) is 0 Å². The van der Waals surface area contributed by atoms with Gasteiger partial charge in [-0.25, -0.2) is 0 Å². The number of carbonyl (C=O) groups excluding carboxylic acids is 1. The van der Waals surface area contributed by atoms with Crippen LogP contribution in [0.4, 0.5) is 0 Å². The molecule has 128 valence electrons. The highest BCUT2D eigenvalue weighted by Crippen LogP contribution is 2.21. The Kier molecular flexibility index (Phi) is 4.89. The van der Waals surface area contributed by atoms with Gasteiger partial charge < -0.3 is 10.0 Å². The monoisotopic (exact) mass is 329 g/mol. The first-order valence-electron chi connectivity index (χ1n) is 8.33. The van der Waals surface area contributed by atoms with E-state index in [1.807, 2.05) is 24.0 Å². The van der Waals surface area contributed by atoms with Crippen molar-refractivity contribution >= 4 is 5.91 Å². The third kappa shape index (κ3) is 3.79. The zero-order valence-corrected chi connectivity index (χ0v) is 14.1. The Morgan fingerprint density at radius 3 is 2.71 bits per heavy atom. The molecule has 0 saturated carbocycles. The average Bonchev–Trinajstić information content (AvgIpc) is 3.04. The number of hydrogen-bond acceptors (Lipinski definition) is 5. The molecule has 3 heterocycles. The number of amides is 1. The lowest BCUT2D eigenvalue weighted by molar-refractivity contribution is 0.0680. The van der Waals surface area contributed by atoms with Crippen molar-refractivity contribution < 1.29 is 9.90 Å². The summed E-state index contributed by atoms with van der Waals surface area (Å²) in [4.78, 5) is 18.6. The smallest absolute Gasteiger partial charge is 0.255 e. The Labute approximate surface area is 141 Å². The van der Waals surface area contributed by atoms with Crippen molar-refractivity contribution in [1.82, 2.24) is 24.9 Å². The third-order valence-electron chi connectivity index (χ3n) is 4.49. The van der Waals surface area contributed by atoms with E-state index in [0.717, 1.165) is 38.2 Å². The molecule has 1 aliphatic rings. The van der Waals surface area contributed by atoms with Crippen molar-refractivity contribution in [2.24, 2.45) is 5.92 Å². The summed E-state index contributed by atoms with van der Waals surface area (Å²) in [5.41, 5.74) is 2.15. The van der Waals surface area contributed by atoms with Gasteiger partial charge in [0.1, 0.15) is 5.69 Å². The molecule has 1 atom stereocenters. The van der Waals surface area contributed by atoms with Crippen molar-refractivity contribution in [2.75, 3.05) is 13.1 Å². The molecule has 1 saturated heterocycles. The molecule has 3 rings (SSSR count). The molecular weight excluding hydrogens is 306 g/mol. The Bertz CT molecular complexity index is 687. The molecule has 0 aromatic carbocycles. The van der Waals surface area contributed by atoms with E-state index in [-0.39, 0.29) is 5.91 Å². The molecule has 0 spiro atoms. The van der Waals surface area contributed by atoms with Crippen LogP contribution in [0.2, 0.25) is 0 Å². The van der Waals surface area contributed by atoms with Crippen LogP contribution in [0.15, 0.2) is 24.5 Å². The minimum Gasteiger partial charge on any atom is -0.387 e. The average molecular weight is 329 g/mol. The van der Waals surface area contributed by atoms with Gasteiger partial charge in [0.25, 0.3) is 5.91 Å². The van der Waals surface area contributed by atoms with E-state index in [9.17, 15) is 9.90 Å². The zero-order chi connectivity index (χ0) is 17.1. The molecule has 0 bridgehead atoms. The number of pyridine rings is 1. The summed E-state index contributed by atoms with van der Waals surface area (Å²) >= 11 is 0. The standard InChI is InChI=1S/C17H23N5O2/c1-12-3-4-15(9-18-12)17(24)21-7-5-14(6-8-21)10-22-11-16(13(2)23)19-20-22/h3-4,9,11,13-14,23H,5-8,10H2,1-2H3/t13-/m0/s1. The first-order valence-corrected chi connectivity index (χ1v) is 8.33. The Morgan fingerprint density at radius 1 is 1.38 bits per heavy atom. The first-order chi connectivity index (χ1) is 11.5. The van der Waals surface area contributed by atoms with Crippen LogP contribution in [0.1, 0.15) is 47.6 Å². The molecule has 1 amide bonds. The fourth-order valence-corrected chi connectivity index (χ4v) is 2.95. The fraction of sp³-hybridized carbons (Fsp3) is 0.529. The van der Waals surface area contributed by atoms with Crippen molar-refractivity contribution in [3.63, 3.8) is 0 Å². The highest BCUT2D eigenvalue weighted by Gasteiger charge is 2.24. The number of aromatic nitrogens is 4. The number of piperidine rings is 1. The van der Waals surface area contributed by atoms with E-state index >= 15 is 0 Å². The van der Waals surface area contributed by atoms with Crippen molar-refractivity contribution in [3.8, 4) is 0 Å². The largest absolute Gasteiger partial charge is 0.387 e. The number of carbonyl (C=O) groups is 1. The lowest BCUT2D eigenvalue weighted by atomic mass is 9.96. The van der Waals surface area contributed by atoms with Crippen LogP contribution >= 0.6 is 0 Å². The Morgan fingerprint density at radius 2 is 2.12 bits per heavy atom. The van der Waals surface area contributed by atoms with Gasteiger partial charge in [0.05, 0.1) is 17.9 Å².